The Morgan fingerprint density at radius 3 is 2.54 bits per heavy atom. The van der Waals surface area contributed by atoms with Gasteiger partial charge in [-0.2, -0.15) is 0 Å². The Kier molecular flexibility index (Phi) is 4.05. The molecule has 4 aromatic rings. The molecule has 2 aromatic carbocycles. The number of phenols is 1. The molecule has 5 nitrogen and oxygen atoms in total. The van der Waals surface area contributed by atoms with Crippen molar-refractivity contribution < 1.29 is 9.63 Å². The minimum atomic E-state index is 0.190. The lowest BCUT2D eigenvalue weighted by Crippen LogP contribution is -2.02. The summed E-state index contributed by atoms with van der Waals surface area (Å²) in [7, 11) is 0. The van der Waals surface area contributed by atoms with E-state index in [2.05, 4.69) is 40.7 Å². The van der Waals surface area contributed by atoms with Crippen LogP contribution in [0.15, 0.2) is 65.7 Å². The van der Waals surface area contributed by atoms with Crippen LogP contribution in [-0.2, 0) is 6.54 Å². The van der Waals surface area contributed by atoms with E-state index in [0.717, 1.165) is 12.1 Å². The number of aryl methyl sites for hydroxylation is 2. The van der Waals surface area contributed by atoms with Crippen LogP contribution in [0.25, 0.3) is 22.6 Å². The molecular formula is C21H19N3O2. The molecule has 0 spiro atoms. The molecule has 2 heterocycles. The Hall–Kier alpha value is -3.34. The van der Waals surface area contributed by atoms with Crippen molar-refractivity contribution in [3.05, 3.63) is 77.9 Å². The second-order valence-electron chi connectivity index (χ2n) is 6.42. The lowest BCUT2D eigenvalue weighted by Gasteiger charge is -2.12. The monoisotopic (exact) mass is 345 g/mol. The third-order valence-corrected chi connectivity index (χ3v) is 4.57. The summed E-state index contributed by atoms with van der Waals surface area (Å²) < 4.78 is 7.59. The molecule has 0 saturated heterocycles. The van der Waals surface area contributed by atoms with Crippen LogP contribution in [0.4, 0.5) is 0 Å². The fourth-order valence-electron chi connectivity index (χ4n) is 3.18. The molecular weight excluding hydrogens is 326 g/mol. The molecule has 130 valence electrons. The molecule has 0 aliphatic carbocycles. The molecule has 0 unspecified atom stereocenters. The number of nitrogens with zero attached hydrogens (tertiary/aromatic N) is 3. The van der Waals surface area contributed by atoms with Crippen LogP contribution in [-0.4, -0.2) is 19.8 Å². The van der Waals surface area contributed by atoms with Gasteiger partial charge < -0.3 is 14.2 Å². The number of imidazole rings is 1. The van der Waals surface area contributed by atoms with E-state index in [0.29, 0.717) is 17.0 Å². The van der Waals surface area contributed by atoms with Crippen molar-refractivity contribution in [3.63, 3.8) is 0 Å². The van der Waals surface area contributed by atoms with Crippen molar-refractivity contribution in [2.45, 2.75) is 20.4 Å². The minimum Gasteiger partial charge on any atom is -0.507 e. The Bertz CT molecular complexity index is 1030. The topological polar surface area (TPSA) is 64.1 Å². The zero-order valence-corrected chi connectivity index (χ0v) is 14.7. The number of aromatic nitrogens is 3. The van der Waals surface area contributed by atoms with Gasteiger partial charge in [0.15, 0.2) is 5.76 Å². The molecule has 0 radical (unpaired) electrons. The quantitative estimate of drug-likeness (QED) is 0.588. The molecule has 0 aliphatic rings. The molecule has 0 atom stereocenters. The van der Waals surface area contributed by atoms with Gasteiger partial charge in [0.25, 0.3) is 0 Å². The molecule has 0 saturated carbocycles. The van der Waals surface area contributed by atoms with E-state index >= 15 is 0 Å². The number of aromatic hydroxyl groups is 1. The van der Waals surface area contributed by atoms with Gasteiger partial charge in [-0.1, -0.05) is 17.3 Å². The predicted molar refractivity (Wildman–Crippen MR) is 99.8 cm³/mol. The highest BCUT2D eigenvalue weighted by Gasteiger charge is 2.14. The summed E-state index contributed by atoms with van der Waals surface area (Å²) in [6.45, 7) is 4.99. The van der Waals surface area contributed by atoms with Crippen LogP contribution >= 0.6 is 0 Å². The van der Waals surface area contributed by atoms with E-state index in [1.165, 1.54) is 16.7 Å². The fraction of sp³-hybridized carbons (Fsp3) is 0.143. The maximum Gasteiger partial charge on any atom is 0.167 e. The average molecular weight is 345 g/mol. The fourth-order valence-corrected chi connectivity index (χ4v) is 3.18. The van der Waals surface area contributed by atoms with E-state index in [4.69, 9.17) is 4.52 Å². The standard InChI is InChI=1S/C21H19N3O2/c1-14-9-16(10-15(2)18(14)12-24-8-7-22-13-24)21-11-19(23-26-21)17-5-3-4-6-20(17)25/h3-11,13,25H,12H2,1-2H3. The Morgan fingerprint density at radius 1 is 1.08 bits per heavy atom. The van der Waals surface area contributed by atoms with E-state index < -0.39 is 0 Å². The summed E-state index contributed by atoms with van der Waals surface area (Å²) in [4.78, 5) is 4.10. The van der Waals surface area contributed by atoms with Crippen molar-refractivity contribution in [2.75, 3.05) is 0 Å². The first kappa shape index (κ1) is 16.1. The van der Waals surface area contributed by atoms with Crippen LogP contribution in [0.5, 0.6) is 5.75 Å². The first-order valence-electron chi connectivity index (χ1n) is 8.43. The molecule has 0 bridgehead atoms. The number of rotatable bonds is 4. The second kappa shape index (κ2) is 6.52. The highest BCUT2D eigenvalue weighted by atomic mass is 16.5. The summed E-state index contributed by atoms with van der Waals surface area (Å²) in [5, 5.41) is 14.1. The number of benzene rings is 2. The lowest BCUT2D eigenvalue weighted by atomic mass is 9.97. The van der Waals surface area contributed by atoms with Crippen molar-refractivity contribution in [2.24, 2.45) is 0 Å². The SMILES string of the molecule is Cc1cc(-c2cc(-c3ccccc3O)no2)cc(C)c1Cn1ccnc1. The highest BCUT2D eigenvalue weighted by Crippen LogP contribution is 2.32. The van der Waals surface area contributed by atoms with E-state index in [1.54, 1.807) is 18.3 Å². The Balaban J connectivity index is 1.68. The molecule has 0 amide bonds. The third-order valence-electron chi connectivity index (χ3n) is 4.57. The van der Waals surface area contributed by atoms with Gasteiger partial charge in [-0.25, -0.2) is 4.98 Å². The smallest absolute Gasteiger partial charge is 0.167 e. The number of phenolic OH excluding ortho intramolecular Hbond substituents is 1. The lowest BCUT2D eigenvalue weighted by molar-refractivity contribution is 0.433. The maximum absolute atomic E-state index is 10.0. The molecule has 0 aliphatic heterocycles. The van der Waals surface area contributed by atoms with E-state index in [1.807, 2.05) is 30.7 Å². The van der Waals surface area contributed by atoms with Gasteiger partial charge in [0.2, 0.25) is 0 Å². The van der Waals surface area contributed by atoms with Crippen molar-refractivity contribution in [1.29, 1.82) is 0 Å². The number of hydrogen-bond acceptors (Lipinski definition) is 4. The van der Waals surface area contributed by atoms with Crippen molar-refractivity contribution in [3.8, 4) is 28.3 Å². The molecule has 4 rings (SSSR count). The Morgan fingerprint density at radius 2 is 1.85 bits per heavy atom. The van der Waals surface area contributed by atoms with Gasteiger partial charge in [0.1, 0.15) is 11.4 Å². The normalized spacial score (nSPS) is 11.0. The zero-order valence-electron chi connectivity index (χ0n) is 14.7. The first-order chi connectivity index (χ1) is 12.6. The summed E-state index contributed by atoms with van der Waals surface area (Å²) in [6, 6.07) is 13.2. The molecule has 26 heavy (non-hydrogen) atoms. The van der Waals surface area contributed by atoms with Crippen LogP contribution < -0.4 is 0 Å². The Labute approximate surface area is 151 Å². The van der Waals surface area contributed by atoms with Gasteiger partial charge >= 0.3 is 0 Å². The van der Waals surface area contributed by atoms with Gasteiger partial charge in [-0.05, 0) is 54.8 Å². The minimum absolute atomic E-state index is 0.190. The first-order valence-corrected chi connectivity index (χ1v) is 8.43. The number of hydrogen-bond donors (Lipinski definition) is 1. The van der Waals surface area contributed by atoms with E-state index in [9.17, 15) is 5.11 Å². The van der Waals surface area contributed by atoms with Crippen LogP contribution in [0, 0.1) is 13.8 Å². The summed E-state index contributed by atoms with van der Waals surface area (Å²) >= 11 is 0. The van der Waals surface area contributed by atoms with Crippen molar-refractivity contribution in [1.82, 2.24) is 14.7 Å². The summed E-state index contributed by atoms with van der Waals surface area (Å²) in [5.74, 6) is 0.874. The van der Waals surface area contributed by atoms with Crippen LogP contribution in [0.2, 0.25) is 0 Å². The van der Waals surface area contributed by atoms with Gasteiger partial charge in [0, 0.05) is 36.1 Å². The zero-order chi connectivity index (χ0) is 18.1. The summed E-state index contributed by atoms with van der Waals surface area (Å²) in [6.07, 6.45) is 5.57. The van der Waals surface area contributed by atoms with Gasteiger partial charge in [0.05, 0.1) is 6.33 Å². The second-order valence-corrected chi connectivity index (χ2v) is 6.42. The molecule has 2 aromatic heterocycles. The molecule has 5 heteroatoms. The molecule has 0 fully saturated rings. The average Bonchev–Trinajstić information content (AvgIpc) is 3.30. The van der Waals surface area contributed by atoms with E-state index in [-0.39, 0.29) is 5.75 Å². The number of para-hydroxylation sites is 1. The van der Waals surface area contributed by atoms with Gasteiger partial charge in [-0.3, -0.25) is 0 Å². The van der Waals surface area contributed by atoms with Crippen LogP contribution in [0.3, 0.4) is 0 Å². The maximum atomic E-state index is 10.0. The highest BCUT2D eigenvalue weighted by molar-refractivity contribution is 5.71. The molecule has 1 N–H and O–H groups in total. The largest absolute Gasteiger partial charge is 0.507 e. The van der Waals surface area contributed by atoms with Crippen LogP contribution in [0.1, 0.15) is 16.7 Å². The third kappa shape index (κ3) is 2.99. The van der Waals surface area contributed by atoms with Gasteiger partial charge in [-0.15, -0.1) is 0 Å². The predicted octanol–water partition coefficient (Wildman–Crippen LogP) is 4.58. The summed E-state index contributed by atoms with van der Waals surface area (Å²) in [5.41, 5.74) is 5.91. The van der Waals surface area contributed by atoms with Crippen molar-refractivity contribution >= 4 is 0 Å².